The molecule has 0 aliphatic heterocycles. The Bertz CT molecular complexity index is 1630. The van der Waals surface area contributed by atoms with E-state index in [0.29, 0.717) is 34.5 Å². The summed E-state index contributed by atoms with van der Waals surface area (Å²) in [4.78, 5) is 38.9. The van der Waals surface area contributed by atoms with Gasteiger partial charge in [0.2, 0.25) is 11.9 Å². The SMILES string of the molecule is CCCCC(=O)Nc1nc2cc(-c3ccc4nc(C)nc(C(=O)N[C@@H](C)c5ccccc5)c4c3)ccn2n1. The van der Waals surface area contributed by atoms with Crippen LogP contribution in [0, 0.1) is 6.92 Å². The predicted molar refractivity (Wildman–Crippen MR) is 147 cm³/mol. The molecule has 0 aliphatic carbocycles. The number of anilines is 1. The molecular weight excluding hydrogens is 478 g/mol. The molecule has 192 valence electrons. The molecule has 2 aromatic carbocycles. The molecule has 3 aromatic heterocycles. The van der Waals surface area contributed by atoms with Crippen LogP contribution >= 0.6 is 0 Å². The Labute approximate surface area is 220 Å². The van der Waals surface area contributed by atoms with Gasteiger partial charge in [-0.05, 0) is 61.2 Å². The fourth-order valence-corrected chi connectivity index (χ4v) is 4.33. The first-order chi connectivity index (χ1) is 18.4. The minimum atomic E-state index is -0.259. The second kappa shape index (κ2) is 10.8. The highest BCUT2D eigenvalue weighted by molar-refractivity contribution is 6.05. The van der Waals surface area contributed by atoms with E-state index in [1.807, 2.05) is 74.5 Å². The maximum atomic E-state index is 13.3. The molecule has 0 fully saturated rings. The summed E-state index contributed by atoms with van der Waals surface area (Å²) in [5, 5.41) is 10.8. The van der Waals surface area contributed by atoms with Crippen LogP contribution in [0.5, 0.6) is 0 Å². The van der Waals surface area contributed by atoms with Gasteiger partial charge in [-0.2, -0.15) is 4.98 Å². The van der Waals surface area contributed by atoms with Crippen molar-refractivity contribution in [2.24, 2.45) is 0 Å². The van der Waals surface area contributed by atoms with Crippen LogP contribution < -0.4 is 10.6 Å². The van der Waals surface area contributed by atoms with E-state index in [2.05, 4.69) is 30.7 Å². The first-order valence-corrected chi connectivity index (χ1v) is 12.7. The quantitative estimate of drug-likeness (QED) is 0.296. The standard InChI is InChI=1S/C29H29N7O2/c1-4-5-11-26(37)34-29-33-25-17-22(14-15-36(25)35-29)21-12-13-24-23(16-21)27(32-19(3)31-24)28(38)30-18(2)20-9-7-6-8-10-20/h6-10,12-18H,4-5,11H2,1-3H3,(H,30,38)(H,34,35,37)/t18-/m0/s1. The highest BCUT2D eigenvalue weighted by Crippen LogP contribution is 2.27. The fraction of sp³-hybridized carbons (Fsp3) is 0.241. The molecule has 0 bridgehead atoms. The number of carbonyl (C=O) groups excluding carboxylic acids is 2. The van der Waals surface area contributed by atoms with Gasteiger partial charge < -0.3 is 5.32 Å². The van der Waals surface area contributed by atoms with E-state index in [1.165, 1.54) is 0 Å². The van der Waals surface area contributed by atoms with Crippen LogP contribution in [-0.4, -0.2) is 36.4 Å². The van der Waals surface area contributed by atoms with Gasteiger partial charge in [-0.15, -0.1) is 5.10 Å². The first kappa shape index (κ1) is 25.0. The first-order valence-electron chi connectivity index (χ1n) is 12.7. The normalized spacial score (nSPS) is 12.0. The number of amides is 2. The Morgan fingerprint density at radius 1 is 0.974 bits per heavy atom. The van der Waals surface area contributed by atoms with Gasteiger partial charge in [0.05, 0.1) is 11.6 Å². The molecule has 5 rings (SSSR count). The van der Waals surface area contributed by atoms with E-state index < -0.39 is 0 Å². The maximum Gasteiger partial charge on any atom is 0.271 e. The Balaban J connectivity index is 1.45. The van der Waals surface area contributed by atoms with Crippen LogP contribution in [0.25, 0.3) is 27.7 Å². The molecule has 9 heteroatoms. The van der Waals surface area contributed by atoms with Gasteiger partial charge in [-0.25, -0.2) is 14.5 Å². The molecule has 2 N–H and O–H groups in total. The lowest BCUT2D eigenvalue weighted by atomic mass is 10.0. The van der Waals surface area contributed by atoms with E-state index >= 15 is 0 Å². The molecule has 2 amide bonds. The van der Waals surface area contributed by atoms with Gasteiger partial charge in [-0.1, -0.05) is 49.7 Å². The zero-order valence-corrected chi connectivity index (χ0v) is 21.6. The molecular formula is C29H29N7O2. The molecule has 0 saturated carbocycles. The second-order valence-electron chi connectivity index (χ2n) is 9.26. The van der Waals surface area contributed by atoms with E-state index in [1.54, 1.807) is 17.6 Å². The number of unbranched alkanes of at least 4 members (excludes halogenated alkanes) is 1. The highest BCUT2D eigenvalue weighted by atomic mass is 16.2. The van der Waals surface area contributed by atoms with Gasteiger partial charge in [0.15, 0.2) is 5.65 Å². The van der Waals surface area contributed by atoms with E-state index in [4.69, 9.17) is 0 Å². The van der Waals surface area contributed by atoms with Crippen LogP contribution in [0.3, 0.4) is 0 Å². The van der Waals surface area contributed by atoms with Crippen molar-refractivity contribution in [3.8, 4) is 11.1 Å². The Kier molecular flexibility index (Phi) is 7.08. The third-order valence-electron chi connectivity index (χ3n) is 6.35. The van der Waals surface area contributed by atoms with Crippen molar-refractivity contribution in [3.05, 3.63) is 83.9 Å². The minimum Gasteiger partial charge on any atom is -0.344 e. The van der Waals surface area contributed by atoms with Crippen LogP contribution in [-0.2, 0) is 4.79 Å². The number of pyridine rings is 1. The van der Waals surface area contributed by atoms with Crippen molar-refractivity contribution in [2.45, 2.75) is 46.1 Å². The van der Waals surface area contributed by atoms with Crippen LogP contribution in [0.1, 0.15) is 61.0 Å². The summed E-state index contributed by atoms with van der Waals surface area (Å²) in [5.74, 6) is 0.448. The number of fused-ring (bicyclic) bond motifs is 2. The molecule has 1 atom stereocenters. The molecule has 5 aromatic rings. The van der Waals surface area contributed by atoms with Gasteiger partial charge in [0.25, 0.3) is 5.91 Å². The third-order valence-corrected chi connectivity index (χ3v) is 6.35. The lowest BCUT2D eigenvalue weighted by molar-refractivity contribution is -0.116. The average Bonchev–Trinajstić information content (AvgIpc) is 3.33. The molecule has 0 spiro atoms. The number of hydrogen-bond donors (Lipinski definition) is 2. The van der Waals surface area contributed by atoms with Gasteiger partial charge in [0, 0.05) is 18.0 Å². The number of aromatic nitrogens is 5. The number of hydrogen-bond acceptors (Lipinski definition) is 6. The fourth-order valence-electron chi connectivity index (χ4n) is 4.33. The van der Waals surface area contributed by atoms with Gasteiger partial charge in [0.1, 0.15) is 11.5 Å². The maximum absolute atomic E-state index is 13.3. The van der Waals surface area contributed by atoms with Crippen molar-refractivity contribution in [3.63, 3.8) is 0 Å². The number of nitrogens with zero attached hydrogens (tertiary/aromatic N) is 5. The highest BCUT2D eigenvalue weighted by Gasteiger charge is 2.18. The molecule has 0 aliphatic rings. The second-order valence-corrected chi connectivity index (χ2v) is 9.26. The monoisotopic (exact) mass is 507 g/mol. The topological polar surface area (TPSA) is 114 Å². The summed E-state index contributed by atoms with van der Waals surface area (Å²) in [6.07, 6.45) is 4.00. The smallest absolute Gasteiger partial charge is 0.271 e. The summed E-state index contributed by atoms with van der Waals surface area (Å²) in [5.41, 5.74) is 4.41. The molecule has 0 saturated heterocycles. The zero-order valence-electron chi connectivity index (χ0n) is 21.6. The molecule has 38 heavy (non-hydrogen) atoms. The average molecular weight is 508 g/mol. The van der Waals surface area contributed by atoms with E-state index in [0.717, 1.165) is 29.5 Å². The number of benzene rings is 2. The van der Waals surface area contributed by atoms with Crippen molar-refractivity contribution < 1.29 is 9.59 Å². The van der Waals surface area contributed by atoms with Crippen LogP contribution in [0.2, 0.25) is 0 Å². The zero-order chi connectivity index (χ0) is 26.6. The predicted octanol–water partition coefficient (Wildman–Crippen LogP) is 5.27. The summed E-state index contributed by atoms with van der Waals surface area (Å²) in [6, 6.07) is 19.2. The summed E-state index contributed by atoms with van der Waals surface area (Å²) < 4.78 is 1.62. The molecule has 0 unspecified atom stereocenters. The van der Waals surface area contributed by atoms with Crippen LogP contribution in [0.15, 0.2) is 66.9 Å². The van der Waals surface area contributed by atoms with Crippen molar-refractivity contribution >= 4 is 34.3 Å². The van der Waals surface area contributed by atoms with Gasteiger partial charge >= 0.3 is 0 Å². The largest absolute Gasteiger partial charge is 0.344 e. The molecule has 0 radical (unpaired) electrons. The Hall–Kier alpha value is -4.66. The Morgan fingerprint density at radius 2 is 1.76 bits per heavy atom. The lowest BCUT2D eigenvalue weighted by Gasteiger charge is -2.15. The lowest BCUT2D eigenvalue weighted by Crippen LogP contribution is -2.28. The van der Waals surface area contributed by atoms with Crippen molar-refractivity contribution in [2.75, 3.05) is 5.32 Å². The van der Waals surface area contributed by atoms with Crippen molar-refractivity contribution in [1.29, 1.82) is 0 Å². The Morgan fingerprint density at radius 3 is 2.55 bits per heavy atom. The summed E-state index contributed by atoms with van der Waals surface area (Å²) >= 11 is 0. The number of aryl methyl sites for hydroxylation is 1. The van der Waals surface area contributed by atoms with E-state index in [-0.39, 0.29) is 23.8 Å². The molecule has 9 nitrogen and oxygen atoms in total. The minimum absolute atomic E-state index is 0.0970. The number of carbonyl (C=O) groups is 2. The summed E-state index contributed by atoms with van der Waals surface area (Å²) in [6.45, 7) is 5.77. The van der Waals surface area contributed by atoms with E-state index in [9.17, 15) is 9.59 Å². The van der Waals surface area contributed by atoms with Crippen molar-refractivity contribution in [1.82, 2.24) is 29.9 Å². The van der Waals surface area contributed by atoms with Gasteiger partial charge in [-0.3, -0.25) is 14.9 Å². The molecule has 3 heterocycles. The number of rotatable bonds is 8. The summed E-state index contributed by atoms with van der Waals surface area (Å²) in [7, 11) is 0. The van der Waals surface area contributed by atoms with Crippen LogP contribution in [0.4, 0.5) is 5.95 Å². The number of nitrogens with one attached hydrogen (secondary N) is 2. The third kappa shape index (κ3) is 5.36.